The molecule has 0 aromatic carbocycles. The van der Waals surface area contributed by atoms with E-state index in [4.69, 9.17) is 0 Å². The third-order valence-electron chi connectivity index (χ3n) is 2.95. The molecule has 5 nitrogen and oxygen atoms in total. The van der Waals surface area contributed by atoms with Crippen molar-refractivity contribution in [1.82, 2.24) is 20.5 Å². The van der Waals surface area contributed by atoms with Gasteiger partial charge in [0.2, 0.25) is 5.82 Å². The lowest BCUT2D eigenvalue weighted by molar-refractivity contribution is 0.0927. The summed E-state index contributed by atoms with van der Waals surface area (Å²) in [5.74, 6) is 1.40. The van der Waals surface area contributed by atoms with Crippen molar-refractivity contribution >= 4 is 5.91 Å². The molecule has 0 spiro atoms. The Bertz CT molecular complexity index is 417. The SMILES string of the molecule is CC(C)CCC(C)NC(=O)c1n[nH]c(C(C)(C)C)n1. The molecule has 0 aliphatic rings. The highest BCUT2D eigenvalue weighted by Gasteiger charge is 2.21. The van der Waals surface area contributed by atoms with Crippen LogP contribution < -0.4 is 5.32 Å². The third kappa shape index (κ3) is 5.01. The molecule has 1 heterocycles. The first-order chi connectivity index (χ1) is 8.70. The van der Waals surface area contributed by atoms with Crippen molar-refractivity contribution in [3.8, 4) is 0 Å². The second kappa shape index (κ2) is 6.17. The third-order valence-corrected chi connectivity index (χ3v) is 2.95. The maximum absolute atomic E-state index is 12.0. The van der Waals surface area contributed by atoms with Gasteiger partial charge in [0, 0.05) is 11.5 Å². The number of aromatic nitrogens is 3. The normalized spacial score (nSPS) is 13.6. The summed E-state index contributed by atoms with van der Waals surface area (Å²) in [5, 5.41) is 9.74. The van der Waals surface area contributed by atoms with Gasteiger partial charge in [-0.25, -0.2) is 4.98 Å². The first-order valence-electron chi connectivity index (χ1n) is 6.94. The standard InChI is InChI=1S/C14H26N4O/c1-9(2)7-8-10(3)15-12(19)11-16-13(18-17-11)14(4,5)6/h9-10H,7-8H2,1-6H3,(H,15,19)(H,16,17,18). The van der Waals surface area contributed by atoms with Crippen molar-refractivity contribution in [2.45, 2.75) is 65.8 Å². The van der Waals surface area contributed by atoms with E-state index in [9.17, 15) is 4.79 Å². The molecule has 0 aliphatic heterocycles. The Morgan fingerprint density at radius 2 is 1.89 bits per heavy atom. The van der Waals surface area contributed by atoms with Gasteiger partial charge in [0.1, 0.15) is 5.82 Å². The highest BCUT2D eigenvalue weighted by atomic mass is 16.2. The van der Waals surface area contributed by atoms with Gasteiger partial charge in [-0.2, -0.15) is 0 Å². The van der Waals surface area contributed by atoms with Crippen LogP contribution in [-0.2, 0) is 5.41 Å². The summed E-state index contributed by atoms with van der Waals surface area (Å²) in [5.41, 5.74) is -0.130. The molecule has 1 rings (SSSR count). The highest BCUT2D eigenvalue weighted by Crippen LogP contribution is 2.17. The molecule has 2 N–H and O–H groups in total. The van der Waals surface area contributed by atoms with Gasteiger partial charge in [-0.1, -0.05) is 34.6 Å². The van der Waals surface area contributed by atoms with Gasteiger partial charge >= 0.3 is 0 Å². The monoisotopic (exact) mass is 266 g/mol. The van der Waals surface area contributed by atoms with Crippen LogP contribution in [0.1, 0.15) is 70.8 Å². The number of amides is 1. The van der Waals surface area contributed by atoms with Crippen molar-refractivity contribution in [2.75, 3.05) is 0 Å². The van der Waals surface area contributed by atoms with Crippen LogP contribution in [0.5, 0.6) is 0 Å². The lowest BCUT2D eigenvalue weighted by Crippen LogP contribution is -2.33. The summed E-state index contributed by atoms with van der Waals surface area (Å²) in [6.07, 6.45) is 2.07. The fourth-order valence-electron chi connectivity index (χ4n) is 1.64. The lowest BCUT2D eigenvalue weighted by Gasteiger charge is -2.14. The molecule has 0 saturated heterocycles. The van der Waals surface area contributed by atoms with Gasteiger partial charge in [0.05, 0.1) is 0 Å². The summed E-state index contributed by atoms with van der Waals surface area (Å²) in [4.78, 5) is 16.2. The Kier molecular flexibility index (Phi) is 5.09. The topological polar surface area (TPSA) is 70.7 Å². The highest BCUT2D eigenvalue weighted by molar-refractivity contribution is 5.90. The molecule has 0 bridgehead atoms. The van der Waals surface area contributed by atoms with Gasteiger partial charge < -0.3 is 5.32 Å². The van der Waals surface area contributed by atoms with E-state index in [-0.39, 0.29) is 23.2 Å². The summed E-state index contributed by atoms with van der Waals surface area (Å²) in [6, 6.07) is 0.145. The fraction of sp³-hybridized carbons (Fsp3) is 0.786. The van der Waals surface area contributed by atoms with E-state index >= 15 is 0 Å². The van der Waals surface area contributed by atoms with Crippen molar-refractivity contribution in [3.05, 3.63) is 11.6 Å². The number of carbonyl (C=O) groups is 1. The summed E-state index contributed by atoms with van der Waals surface area (Å²) >= 11 is 0. The zero-order valence-electron chi connectivity index (χ0n) is 12.9. The quantitative estimate of drug-likeness (QED) is 0.860. The average Bonchev–Trinajstić information content (AvgIpc) is 2.75. The molecule has 0 aliphatic carbocycles. The number of rotatable bonds is 5. The van der Waals surface area contributed by atoms with Gasteiger partial charge in [-0.05, 0) is 25.7 Å². The number of nitrogens with zero attached hydrogens (tertiary/aromatic N) is 2. The van der Waals surface area contributed by atoms with Crippen LogP contribution in [-0.4, -0.2) is 27.1 Å². The van der Waals surface area contributed by atoms with E-state index in [1.807, 2.05) is 27.7 Å². The summed E-state index contributed by atoms with van der Waals surface area (Å²) in [6.45, 7) is 12.5. The zero-order chi connectivity index (χ0) is 14.6. The molecule has 1 amide bonds. The van der Waals surface area contributed by atoms with Gasteiger partial charge in [-0.15, -0.1) is 5.10 Å². The molecule has 1 aromatic heterocycles. The van der Waals surface area contributed by atoms with Crippen molar-refractivity contribution in [3.63, 3.8) is 0 Å². The van der Waals surface area contributed by atoms with E-state index in [0.717, 1.165) is 18.7 Å². The minimum atomic E-state index is -0.206. The van der Waals surface area contributed by atoms with E-state index in [2.05, 4.69) is 34.3 Å². The van der Waals surface area contributed by atoms with E-state index in [1.165, 1.54) is 0 Å². The van der Waals surface area contributed by atoms with Crippen LogP contribution in [0.2, 0.25) is 0 Å². The molecular weight excluding hydrogens is 240 g/mol. The Labute approximate surface area is 115 Å². The molecule has 1 unspecified atom stereocenters. The van der Waals surface area contributed by atoms with Crippen LogP contribution in [0.15, 0.2) is 0 Å². The number of nitrogens with one attached hydrogen (secondary N) is 2. The second-order valence-corrected chi connectivity index (χ2v) is 6.60. The summed E-state index contributed by atoms with van der Waals surface area (Å²) in [7, 11) is 0. The maximum atomic E-state index is 12.0. The number of aromatic amines is 1. The molecule has 108 valence electrons. The fourth-order valence-corrected chi connectivity index (χ4v) is 1.64. The van der Waals surface area contributed by atoms with Crippen LogP contribution in [0.3, 0.4) is 0 Å². The lowest BCUT2D eigenvalue weighted by atomic mass is 9.96. The number of carbonyl (C=O) groups excluding carboxylic acids is 1. The number of hydrogen-bond acceptors (Lipinski definition) is 3. The van der Waals surface area contributed by atoms with Gasteiger partial charge in [0.25, 0.3) is 5.91 Å². The molecule has 5 heteroatoms. The largest absolute Gasteiger partial charge is 0.347 e. The second-order valence-electron chi connectivity index (χ2n) is 6.60. The number of hydrogen-bond donors (Lipinski definition) is 2. The summed E-state index contributed by atoms with van der Waals surface area (Å²) < 4.78 is 0. The Hall–Kier alpha value is -1.39. The van der Waals surface area contributed by atoms with E-state index < -0.39 is 0 Å². The minimum Gasteiger partial charge on any atom is -0.347 e. The number of H-pyrrole nitrogens is 1. The van der Waals surface area contributed by atoms with Crippen molar-refractivity contribution < 1.29 is 4.79 Å². The Morgan fingerprint density at radius 3 is 2.37 bits per heavy atom. The van der Waals surface area contributed by atoms with Crippen molar-refractivity contribution in [2.24, 2.45) is 5.92 Å². The van der Waals surface area contributed by atoms with Crippen LogP contribution in [0, 0.1) is 5.92 Å². The molecule has 0 saturated carbocycles. The van der Waals surface area contributed by atoms with E-state index in [1.54, 1.807) is 0 Å². The molecule has 19 heavy (non-hydrogen) atoms. The smallest absolute Gasteiger partial charge is 0.291 e. The van der Waals surface area contributed by atoms with Gasteiger partial charge in [-0.3, -0.25) is 9.89 Å². The molecule has 1 atom stereocenters. The first kappa shape index (κ1) is 15.7. The predicted molar refractivity (Wildman–Crippen MR) is 76.1 cm³/mol. The zero-order valence-corrected chi connectivity index (χ0v) is 12.9. The molecule has 1 aromatic rings. The molecule has 0 fully saturated rings. The maximum Gasteiger partial charge on any atom is 0.291 e. The predicted octanol–water partition coefficient (Wildman–Crippen LogP) is 2.66. The molecule has 0 radical (unpaired) electrons. The van der Waals surface area contributed by atoms with Crippen LogP contribution in [0.4, 0.5) is 0 Å². The van der Waals surface area contributed by atoms with Gasteiger partial charge in [0.15, 0.2) is 0 Å². The average molecular weight is 266 g/mol. The van der Waals surface area contributed by atoms with Crippen LogP contribution in [0.25, 0.3) is 0 Å². The Morgan fingerprint density at radius 1 is 1.26 bits per heavy atom. The van der Waals surface area contributed by atoms with Crippen molar-refractivity contribution in [1.29, 1.82) is 0 Å². The van der Waals surface area contributed by atoms with E-state index in [0.29, 0.717) is 5.92 Å². The Balaban J connectivity index is 2.56. The van der Waals surface area contributed by atoms with Crippen LogP contribution >= 0.6 is 0 Å². The minimum absolute atomic E-state index is 0.130. The first-order valence-corrected chi connectivity index (χ1v) is 6.94. The molecular formula is C14H26N4O.